The van der Waals surface area contributed by atoms with Crippen molar-refractivity contribution in [3.8, 4) is 11.4 Å². The number of amides is 1. The van der Waals surface area contributed by atoms with Crippen LogP contribution in [0.15, 0.2) is 53.1 Å². The maximum Gasteiger partial charge on any atom is 0.241 e. The van der Waals surface area contributed by atoms with Crippen molar-refractivity contribution < 1.29 is 13.7 Å². The van der Waals surface area contributed by atoms with E-state index < -0.39 is 0 Å². The minimum absolute atomic E-state index is 0.0234. The molecule has 1 amide bonds. The minimum atomic E-state index is -0.276. The molecule has 1 aliphatic heterocycles. The highest BCUT2D eigenvalue weighted by molar-refractivity contribution is 5.79. The number of rotatable bonds is 6. The second-order valence-electron chi connectivity index (χ2n) is 8.21. The third-order valence-electron chi connectivity index (χ3n) is 5.79. The predicted octanol–water partition coefficient (Wildman–Crippen LogP) is 4.27. The molecule has 2 aromatic carbocycles. The van der Waals surface area contributed by atoms with Gasteiger partial charge in [-0.1, -0.05) is 41.1 Å². The number of nitrogens with zero attached hydrogens (tertiary/aromatic N) is 3. The van der Waals surface area contributed by atoms with Gasteiger partial charge in [0.25, 0.3) is 0 Å². The first-order chi connectivity index (χ1) is 15.0. The lowest BCUT2D eigenvalue weighted by Crippen LogP contribution is -2.40. The van der Waals surface area contributed by atoms with Crippen LogP contribution in [-0.2, 0) is 11.3 Å². The summed E-state index contributed by atoms with van der Waals surface area (Å²) < 4.78 is 18.5. The van der Waals surface area contributed by atoms with Crippen molar-refractivity contribution in [1.82, 2.24) is 20.4 Å². The van der Waals surface area contributed by atoms with Gasteiger partial charge in [0.2, 0.25) is 17.6 Å². The number of hydrogen-bond acceptors (Lipinski definition) is 5. The summed E-state index contributed by atoms with van der Waals surface area (Å²) in [4.78, 5) is 19.4. The molecule has 6 nitrogen and oxygen atoms in total. The summed E-state index contributed by atoms with van der Waals surface area (Å²) in [5, 5.41) is 7.16. The lowest BCUT2D eigenvalue weighted by atomic mass is 9.95. The van der Waals surface area contributed by atoms with Gasteiger partial charge in [0.05, 0.1) is 12.6 Å². The van der Waals surface area contributed by atoms with Crippen LogP contribution in [0.2, 0.25) is 0 Å². The monoisotopic (exact) mass is 422 g/mol. The van der Waals surface area contributed by atoms with Crippen LogP contribution >= 0.6 is 0 Å². The van der Waals surface area contributed by atoms with Gasteiger partial charge in [0.1, 0.15) is 5.82 Å². The number of nitrogens with one attached hydrogen (secondary N) is 1. The molecular weight excluding hydrogens is 395 g/mol. The first kappa shape index (κ1) is 21.2. The van der Waals surface area contributed by atoms with Gasteiger partial charge in [-0.3, -0.25) is 9.69 Å². The van der Waals surface area contributed by atoms with Gasteiger partial charge in [-0.25, -0.2) is 4.39 Å². The molecule has 4 rings (SSSR count). The number of hydrogen-bond donors (Lipinski definition) is 1. The minimum Gasteiger partial charge on any atom is -0.349 e. The van der Waals surface area contributed by atoms with Crippen molar-refractivity contribution >= 4 is 5.91 Å². The second kappa shape index (κ2) is 9.39. The maximum absolute atomic E-state index is 13.1. The molecule has 0 bridgehead atoms. The Hall–Kier alpha value is -3.06. The van der Waals surface area contributed by atoms with Gasteiger partial charge < -0.3 is 9.84 Å². The Labute approximate surface area is 181 Å². The van der Waals surface area contributed by atoms with Crippen LogP contribution in [0.25, 0.3) is 11.4 Å². The van der Waals surface area contributed by atoms with Crippen molar-refractivity contribution in [2.24, 2.45) is 5.92 Å². The number of carbonyl (C=O) groups is 1. The van der Waals surface area contributed by atoms with Crippen LogP contribution in [0.5, 0.6) is 0 Å². The molecule has 7 heteroatoms. The maximum atomic E-state index is 13.1. The average molecular weight is 423 g/mol. The number of aromatic nitrogens is 2. The first-order valence-electron chi connectivity index (χ1n) is 10.7. The molecule has 1 aromatic heterocycles. The third kappa shape index (κ3) is 5.35. The Bertz CT molecular complexity index is 1030. The molecule has 1 atom stereocenters. The zero-order valence-electron chi connectivity index (χ0n) is 17.8. The molecule has 0 spiro atoms. The molecule has 31 heavy (non-hydrogen) atoms. The van der Waals surface area contributed by atoms with E-state index in [0.29, 0.717) is 18.3 Å². The summed E-state index contributed by atoms with van der Waals surface area (Å²) >= 11 is 0. The van der Waals surface area contributed by atoms with Crippen molar-refractivity contribution in [3.05, 3.63) is 71.4 Å². The number of likely N-dealkylation sites (tertiary alicyclic amines) is 1. The highest BCUT2D eigenvalue weighted by atomic mass is 19.1. The summed E-state index contributed by atoms with van der Waals surface area (Å²) in [6, 6.07) is 14.1. The fourth-order valence-electron chi connectivity index (χ4n) is 3.93. The van der Waals surface area contributed by atoms with E-state index in [1.54, 1.807) is 12.1 Å². The van der Waals surface area contributed by atoms with Crippen LogP contribution in [0, 0.1) is 18.7 Å². The number of aryl methyl sites for hydroxylation is 1. The number of piperidine rings is 1. The molecule has 0 aliphatic carbocycles. The molecule has 0 saturated carbocycles. The van der Waals surface area contributed by atoms with Crippen LogP contribution < -0.4 is 5.32 Å². The summed E-state index contributed by atoms with van der Waals surface area (Å²) in [5.41, 5.74) is 2.99. The third-order valence-corrected chi connectivity index (χ3v) is 5.79. The fraction of sp³-hybridized carbons (Fsp3) is 0.375. The van der Waals surface area contributed by atoms with E-state index in [2.05, 4.69) is 20.4 Å². The molecule has 2 heterocycles. The predicted molar refractivity (Wildman–Crippen MR) is 115 cm³/mol. The van der Waals surface area contributed by atoms with E-state index in [1.807, 2.05) is 38.1 Å². The van der Waals surface area contributed by atoms with Crippen molar-refractivity contribution in [2.75, 3.05) is 13.1 Å². The zero-order valence-corrected chi connectivity index (χ0v) is 17.8. The van der Waals surface area contributed by atoms with Crippen LogP contribution in [-0.4, -0.2) is 34.0 Å². The average Bonchev–Trinajstić information content (AvgIpc) is 3.23. The summed E-state index contributed by atoms with van der Waals surface area (Å²) in [6.07, 6.45) is 1.56. The molecule has 0 radical (unpaired) electrons. The highest BCUT2D eigenvalue weighted by Gasteiger charge is 2.27. The summed E-state index contributed by atoms with van der Waals surface area (Å²) in [7, 11) is 0. The number of halogens is 1. The topological polar surface area (TPSA) is 71.3 Å². The molecule has 1 N–H and O–H groups in total. The molecule has 1 saturated heterocycles. The Balaban J connectivity index is 1.27. The Morgan fingerprint density at radius 2 is 1.97 bits per heavy atom. The van der Waals surface area contributed by atoms with Gasteiger partial charge in [-0.2, -0.15) is 4.98 Å². The van der Waals surface area contributed by atoms with Gasteiger partial charge in [0, 0.05) is 11.5 Å². The standard InChI is InChI=1S/C24H27FN4O2/c1-16-4-3-5-20(14-16)23-27-22(31-28-23)15-29-12-10-19(11-13-29)24(30)26-17(2)18-6-8-21(25)9-7-18/h3-9,14,17,19H,10-13,15H2,1-2H3,(H,26,30). The Morgan fingerprint density at radius 1 is 1.23 bits per heavy atom. The summed E-state index contributed by atoms with van der Waals surface area (Å²) in [6.45, 7) is 6.13. The Kier molecular flexibility index (Phi) is 6.42. The Morgan fingerprint density at radius 3 is 2.68 bits per heavy atom. The van der Waals surface area contributed by atoms with E-state index >= 15 is 0 Å². The van der Waals surface area contributed by atoms with E-state index in [4.69, 9.17) is 4.52 Å². The van der Waals surface area contributed by atoms with Crippen molar-refractivity contribution in [2.45, 2.75) is 39.3 Å². The van der Waals surface area contributed by atoms with E-state index in [9.17, 15) is 9.18 Å². The van der Waals surface area contributed by atoms with Crippen LogP contribution in [0.4, 0.5) is 4.39 Å². The van der Waals surface area contributed by atoms with Gasteiger partial charge in [-0.15, -0.1) is 0 Å². The molecule has 1 aliphatic rings. The van der Waals surface area contributed by atoms with Gasteiger partial charge in [0.15, 0.2) is 0 Å². The normalized spacial score (nSPS) is 16.2. The van der Waals surface area contributed by atoms with Crippen molar-refractivity contribution in [1.29, 1.82) is 0 Å². The van der Waals surface area contributed by atoms with Gasteiger partial charge >= 0.3 is 0 Å². The molecule has 3 aromatic rings. The molecule has 1 unspecified atom stereocenters. The molecular formula is C24H27FN4O2. The lowest BCUT2D eigenvalue weighted by molar-refractivity contribution is -0.127. The van der Waals surface area contributed by atoms with Crippen LogP contribution in [0.1, 0.15) is 42.8 Å². The highest BCUT2D eigenvalue weighted by Crippen LogP contribution is 2.22. The molecule has 162 valence electrons. The van der Waals surface area contributed by atoms with E-state index in [0.717, 1.165) is 42.6 Å². The van der Waals surface area contributed by atoms with Crippen LogP contribution in [0.3, 0.4) is 0 Å². The zero-order chi connectivity index (χ0) is 21.8. The largest absolute Gasteiger partial charge is 0.349 e. The summed E-state index contributed by atoms with van der Waals surface area (Å²) in [5.74, 6) is 0.940. The SMILES string of the molecule is Cc1cccc(-c2noc(CN3CCC(C(=O)NC(C)c4ccc(F)cc4)CC3)n2)c1. The van der Waals surface area contributed by atoms with Gasteiger partial charge in [-0.05, 0) is 63.5 Å². The first-order valence-corrected chi connectivity index (χ1v) is 10.7. The second-order valence-corrected chi connectivity index (χ2v) is 8.21. The lowest BCUT2D eigenvalue weighted by Gasteiger charge is -2.30. The van der Waals surface area contributed by atoms with E-state index in [1.165, 1.54) is 12.1 Å². The molecule has 1 fully saturated rings. The van der Waals surface area contributed by atoms with Crippen molar-refractivity contribution in [3.63, 3.8) is 0 Å². The number of benzene rings is 2. The quantitative estimate of drug-likeness (QED) is 0.642. The smallest absolute Gasteiger partial charge is 0.241 e. The number of carbonyl (C=O) groups excluding carboxylic acids is 1. The fourth-order valence-corrected chi connectivity index (χ4v) is 3.93. The van der Waals surface area contributed by atoms with E-state index in [-0.39, 0.29) is 23.7 Å².